The van der Waals surface area contributed by atoms with Gasteiger partial charge in [0.1, 0.15) is 11.3 Å². The fraction of sp³-hybridized carbons (Fsp3) is 0.0417. The quantitative estimate of drug-likeness (QED) is 0.248. The normalized spacial score (nSPS) is 11.8. The van der Waals surface area contributed by atoms with E-state index in [4.69, 9.17) is 9.15 Å². The summed E-state index contributed by atoms with van der Waals surface area (Å²) in [4.78, 5) is 21.8. The molecule has 2 aromatic carbocycles. The zero-order valence-corrected chi connectivity index (χ0v) is 15.8. The molecule has 0 atom stereocenters. The van der Waals surface area contributed by atoms with Gasteiger partial charge in [-0.1, -0.05) is 18.2 Å². The minimum atomic E-state index is -0.189. The number of oxazole rings is 1. The Labute approximate surface area is 168 Å². The molecule has 5 heteroatoms. The van der Waals surface area contributed by atoms with E-state index in [0.29, 0.717) is 28.0 Å². The average Bonchev–Trinajstić information content (AvgIpc) is 3.20. The Kier molecular flexibility index (Phi) is 5.29. The molecule has 2 heterocycles. The summed E-state index contributed by atoms with van der Waals surface area (Å²) in [6, 6.07) is 18.0. The number of rotatable bonds is 6. The Morgan fingerprint density at radius 1 is 1.00 bits per heavy atom. The molecule has 142 valence electrons. The van der Waals surface area contributed by atoms with E-state index >= 15 is 0 Å². The number of para-hydroxylation sites is 2. The molecule has 5 nitrogen and oxygen atoms in total. The van der Waals surface area contributed by atoms with Crippen LogP contribution in [0.5, 0.6) is 5.75 Å². The lowest BCUT2D eigenvalue weighted by Crippen LogP contribution is -2.03. The van der Waals surface area contributed by atoms with Crippen LogP contribution in [-0.4, -0.2) is 15.8 Å². The Balaban J connectivity index is 1.75. The van der Waals surface area contributed by atoms with Gasteiger partial charge in [-0.3, -0.25) is 9.78 Å². The van der Waals surface area contributed by atoms with E-state index in [0.717, 1.165) is 5.56 Å². The second kappa shape index (κ2) is 8.35. The molecule has 0 unspecified atom stereocenters. The number of fused-ring (bicyclic) bond motifs is 1. The van der Waals surface area contributed by atoms with Crippen molar-refractivity contribution >= 4 is 28.5 Å². The van der Waals surface area contributed by atoms with Gasteiger partial charge in [0.25, 0.3) is 0 Å². The molecule has 4 aromatic rings. The van der Waals surface area contributed by atoms with Gasteiger partial charge in [0.05, 0.1) is 11.8 Å². The summed E-state index contributed by atoms with van der Waals surface area (Å²) >= 11 is 0. The van der Waals surface area contributed by atoms with Crippen LogP contribution in [-0.2, 0) is 0 Å². The predicted molar refractivity (Wildman–Crippen MR) is 112 cm³/mol. The van der Waals surface area contributed by atoms with E-state index in [1.807, 2.05) is 43.3 Å². The van der Waals surface area contributed by atoms with Crippen molar-refractivity contribution in [2.45, 2.75) is 6.92 Å². The van der Waals surface area contributed by atoms with Gasteiger partial charge in [0.15, 0.2) is 11.4 Å². The summed E-state index contributed by atoms with van der Waals surface area (Å²) in [6.07, 6.45) is 8.49. The molecule has 0 bridgehead atoms. The highest BCUT2D eigenvalue weighted by Gasteiger charge is 2.20. The number of hydrogen-bond acceptors (Lipinski definition) is 5. The smallest absolute Gasteiger partial charge is 0.231 e. The molecule has 29 heavy (non-hydrogen) atoms. The number of pyridine rings is 1. The van der Waals surface area contributed by atoms with Crippen molar-refractivity contribution in [3.8, 4) is 5.75 Å². The second-order valence-electron chi connectivity index (χ2n) is 6.27. The van der Waals surface area contributed by atoms with Gasteiger partial charge >= 0.3 is 0 Å². The molecule has 0 spiro atoms. The number of Topliss-reactive ketones (excluding diaryl/α,β-unsaturated/α-hetero) is 1. The third-order valence-corrected chi connectivity index (χ3v) is 4.24. The first kappa shape index (κ1) is 18.4. The summed E-state index contributed by atoms with van der Waals surface area (Å²) in [7, 11) is 0. The number of carbonyl (C=O) groups excluding carboxylic acids is 1. The second-order valence-corrected chi connectivity index (χ2v) is 6.27. The number of ketones is 1. The molecule has 0 aliphatic rings. The zero-order chi connectivity index (χ0) is 20.1. The largest absolute Gasteiger partial charge is 0.465 e. The van der Waals surface area contributed by atoms with Crippen molar-refractivity contribution in [1.82, 2.24) is 9.97 Å². The first-order valence-corrected chi connectivity index (χ1v) is 9.15. The summed E-state index contributed by atoms with van der Waals surface area (Å²) in [5, 5.41) is 0. The third-order valence-electron chi connectivity index (χ3n) is 4.24. The number of hydrogen-bond donors (Lipinski definition) is 0. The molecule has 0 fully saturated rings. The first-order chi connectivity index (χ1) is 14.2. The van der Waals surface area contributed by atoms with Crippen molar-refractivity contribution < 1.29 is 13.9 Å². The van der Waals surface area contributed by atoms with Gasteiger partial charge in [0, 0.05) is 18.0 Å². The monoisotopic (exact) mass is 382 g/mol. The van der Waals surface area contributed by atoms with Crippen LogP contribution in [0.1, 0.15) is 28.7 Å². The number of carbonyl (C=O) groups is 1. The molecule has 0 N–H and O–H groups in total. The summed E-state index contributed by atoms with van der Waals surface area (Å²) in [5.41, 5.74) is 3.05. The molecule has 0 aliphatic carbocycles. The zero-order valence-electron chi connectivity index (χ0n) is 15.8. The molecule has 4 rings (SSSR count). The molecule has 0 aliphatic heterocycles. The topological polar surface area (TPSA) is 65.2 Å². The van der Waals surface area contributed by atoms with Crippen LogP contribution in [0, 0.1) is 0 Å². The van der Waals surface area contributed by atoms with Crippen LogP contribution in [0.25, 0.3) is 22.7 Å². The lowest BCUT2D eigenvalue weighted by molar-refractivity contribution is 0.105. The van der Waals surface area contributed by atoms with Gasteiger partial charge in [-0.05, 0) is 67.1 Å². The van der Waals surface area contributed by atoms with E-state index in [-0.39, 0.29) is 11.7 Å². The molecule has 0 saturated carbocycles. The van der Waals surface area contributed by atoms with E-state index < -0.39 is 0 Å². The van der Waals surface area contributed by atoms with Crippen molar-refractivity contribution in [3.63, 3.8) is 0 Å². The summed E-state index contributed by atoms with van der Waals surface area (Å²) in [6.45, 7) is 1.87. The van der Waals surface area contributed by atoms with Crippen LogP contribution in [0.4, 0.5) is 0 Å². The van der Waals surface area contributed by atoms with Gasteiger partial charge in [-0.2, -0.15) is 0 Å². The van der Waals surface area contributed by atoms with Crippen LogP contribution < -0.4 is 4.74 Å². The van der Waals surface area contributed by atoms with E-state index in [2.05, 4.69) is 9.97 Å². The molecule has 2 aromatic heterocycles. The van der Waals surface area contributed by atoms with E-state index in [9.17, 15) is 4.79 Å². The third kappa shape index (κ3) is 4.14. The van der Waals surface area contributed by atoms with Crippen molar-refractivity contribution in [2.24, 2.45) is 0 Å². The van der Waals surface area contributed by atoms with Gasteiger partial charge < -0.3 is 9.15 Å². The number of ether oxygens (including phenoxy) is 1. The Morgan fingerprint density at radius 3 is 2.48 bits per heavy atom. The maximum absolute atomic E-state index is 13.3. The van der Waals surface area contributed by atoms with Crippen molar-refractivity contribution in [1.29, 1.82) is 0 Å². The maximum Gasteiger partial charge on any atom is 0.231 e. The minimum absolute atomic E-state index is 0.189. The predicted octanol–water partition coefficient (Wildman–Crippen LogP) is 5.56. The summed E-state index contributed by atoms with van der Waals surface area (Å²) in [5.74, 6) is 0.745. The highest BCUT2D eigenvalue weighted by atomic mass is 16.5. The van der Waals surface area contributed by atoms with Crippen LogP contribution in [0.15, 0.2) is 89.8 Å². The number of allylic oxidation sites excluding steroid dienone is 2. The lowest BCUT2D eigenvalue weighted by atomic mass is 10.0. The summed E-state index contributed by atoms with van der Waals surface area (Å²) < 4.78 is 11.3. The Morgan fingerprint density at radius 2 is 1.76 bits per heavy atom. The van der Waals surface area contributed by atoms with Gasteiger partial charge in [0.2, 0.25) is 5.89 Å². The molecular formula is C24H18N2O3. The average molecular weight is 382 g/mol. The van der Waals surface area contributed by atoms with Crippen LogP contribution in [0.2, 0.25) is 0 Å². The molecule has 0 amide bonds. The fourth-order valence-electron chi connectivity index (χ4n) is 2.83. The highest BCUT2D eigenvalue weighted by molar-refractivity contribution is 6.31. The fourth-order valence-corrected chi connectivity index (χ4v) is 2.83. The van der Waals surface area contributed by atoms with Gasteiger partial charge in [-0.25, -0.2) is 4.98 Å². The SMILES string of the molecule is C/C=C/Oc1ccc(C(=O)/C(=C\c2ccncc2)c2nc3ccccc3o2)cc1. The molecule has 0 radical (unpaired) electrons. The maximum atomic E-state index is 13.3. The number of aromatic nitrogens is 2. The number of nitrogens with zero attached hydrogens (tertiary/aromatic N) is 2. The first-order valence-electron chi connectivity index (χ1n) is 9.15. The van der Waals surface area contributed by atoms with Crippen LogP contribution >= 0.6 is 0 Å². The molecular weight excluding hydrogens is 364 g/mol. The van der Waals surface area contributed by atoms with Crippen molar-refractivity contribution in [2.75, 3.05) is 0 Å². The Hall–Kier alpha value is -3.99. The standard InChI is InChI=1S/C24H18N2O3/c1-2-15-28-19-9-7-18(8-10-19)23(27)20(16-17-11-13-25-14-12-17)24-26-21-5-3-4-6-22(21)29-24/h2-16H,1H3/b15-2+,20-16+. The lowest BCUT2D eigenvalue weighted by Gasteiger charge is -2.05. The minimum Gasteiger partial charge on any atom is -0.465 e. The van der Waals surface area contributed by atoms with Crippen LogP contribution in [0.3, 0.4) is 0 Å². The Bertz CT molecular complexity index is 1160. The van der Waals surface area contributed by atoms with Crippen molar-refractivity contribution in [3.05, 3.63) is 102 Å². The molecule has 0 saturated heterocycles. The van der Waals surface area contributed by atoms with E-state index in [1.165, 1.54) is 0 Å². The number of benzene rings is 2. The highest BCUT2D eigenvalue weighted by Crippen LogP contribution is 2.26. The van der Waals surface area contributed by atoms with E-state index in [1.54, 1.807) is 55.1 Å². The van der Waals surface area contributed by atoms with Gasteiger partial charge in [-0.15, -0.1) is 0 Å².